The fraction of sp³-hybridized carbons (Fsp3) is 0.300. The van der Waals surface area contributed by atoms with Crippen LogP contribution in [0.2, 0.25) is 0 Å². The third kappa shape index (κ3) is 1.44. The number of fused-ring (bicyclic) bond motifs is 1. The summed E-state index contributed by atoms with van der Waals surface area (Å²) in [7, 11) is 4.00. The Bertz CT molecular complexity index is 370. The molecule has 4 heteroatoms. The highest BCUT2D eigenvalue weighted by Crippen LogP contribution is 2.24. The lowest BCUT2D eigenvalue weighted by Gasteiger charge is -2.32. The SMILES string of the molecule is CN(C)N1CN=Cc2cc(N)ccc21. The van der Waals surface area contributed by atoms with E-state index in [1.165, 1.54) is 0 Å². The lowest BCUT2D eigenvalue weighted by molar-refractivity contribution is 0.372. The molecule has 4 nitrogen and oxygen atoms in total. The fourth-order valence-corrected chi connectivity index (χ4v) is 1.55. The van der Waals surface area contributed by atoms with Crippen LogP contribution in [0.3, 0.4) is 0 Å². The van der Waals surface area contributed by atoms with E-state index >= 15 is 0 Å². The Morgan fingerprint density at radius 1 is 1.43 bits per heavy atom. The molecule has 0 saturated heterocycles. The second-order valence-electron chi connectivity index (χ2n) is 3.52. The molecule has 0 bridgehead atoms. The van der Waals surface area contributed by atoms with E-state index in [9.17, 15) is 0 Å². The number of nitrogens with two attached hydrogens (primary N) is 1. The average molecular weight is 190 g/mol. The summed E-state index contributed by atoms with van der Waals surface area (Å²) in [5.74, 6) is 0. The lowest BCUT2D eigenvalue weighted by Crippen LogP contribution is -2.39. The van der Waals surface area contributed by atoms with Crippen LogP contribution in [0.25, 0.3) is 0 Å². The van der Waals surface area contributed by atoms with Gasteiger partial charge in [-0.05, 0) is 18.2 Å². The number of benzene rings is 1. The van der Waals surface area contributed by atoms with E-state index in [1.807, 2.05) is 43.5 Å². The molecule has 1 aromatic carbocycles. The average Bonchev–Trinajstić information content (AvgIpc) is 2.16. The minimum atomic E-state index is 0.671. The molecule has 2 rings (SSSR count). The maximum Gasteiger partial charge on any atom is 0.125 e. The van der Waals surface area contributed by atoms with Gasteiger partial charge in [-0.25, -0.2) is 5.01 Å². The Kier molecular flexibility index (Phi) is 2.13. The molecule has 0 atom stereocenters. The molecule has 1 heterocycles. The third-order valence-electron chi connectivity index (χ3n) is 2.26. The van der Waals surface area contributed by atoms with Crippen LogP contribution in [-0.2, 0) is 0 Å². The Morgan fingerprint density at radius 3 is 2.93 bits per heavy atom. The van der Waals surface area contributed by atoms with E-state index in [0.717, 1.165) is 16.9 Å². The van der Waals surface area contributed by atoms with Crippen LogP contribution >= 0.6 is 0 Å². The molecular formula is C10H14N4. The molecule has 0 amide bonds. The van der Waals surface area contributed by atoms with Crippen molar-refractivity contribution in [2.75, 3.05) is 31.5 Å². The van der Waals surface area contributed by atoms with Gasteiger partial charge in [-0.15, -0.1) is 0 Å². The summed E-state index contributed by atoms with van der Waals surface area (Å²) in [4.78, 5) is 4.27. The Hall–Kier alpha value is -1.55. The van der Waals surface area contributed by atoms with E-state index in [-0.39, 0.29) is 0 Å². The zero-order valence-corrected chi connectivity index (χ0v) is 8.44. The second kappa shape index (κ2) is 3.31. The van der Waals surface area contributed by atoms with Gasteiger partial charge in [0.15, 0.2) is 0 Å². The van der Waals surface area contributed by atoms with Crippen LogP contribution in [0.4, 0.5) is 11.4 Å². The predicted molar refractivity (Wildman–Crippen MR) is 59.5 cm³/mol. The van der Waals surface area contributed by atoms with E-state index in [1.54, 1.807) is 0 Å². The highest BCUT2D eigenvalue weighted by atomic mass is 15.6. The van der Waals surface area contributed by atoms with Crippen molar-refractivity contribution in [3.63, 3.8) is 0 Å². The van der Waals surface area contributed by atoms with Gasteiger partial charge >= 0.3 is 0 Å². The molecule has 0 fully saturated rings. The van der Waals surface area contributed by atoms with E-state index in [2.05, 4.69) is 10.0 Å². The Balaban J connectivity index is 2.46. The largest absolute Gasteiger partial charge is 0.399 e. The summed E-state index contributed by atoms with van der Waals surface area (Å²) >= 11 is 0. The van der Waals surface area contributed by atoms with Crippen LogP contribution in [0, 0.1) is 0 Å². The predicted octanol–water partition coefficient (Wildman–Crippen LogP) is 0.942. The van der Waals surface area contributed by atoms with Gasteiger partial charge in [-0.2, -0.15) is 0 Å². The van der Waals surface area contributed by atoms with Gasteiger partial charge in [-0.3, -0.25) is 10.0 Å². The summed E-state index contributed by atoms with van der Waals surface area (Å²) in [6.45, 7) is 0.671. The summed E-state index contributed by atoms with van der Waals surface area (Å²) in [5.41, 5.74) is 8.71. The Labute approximate surface area is 83.6 Å². The van der Waals surface area contributed by atoms with Crippen LogP contribution in [0.15, 0.2) is 23.2 Å². The monoisotopic (exact) mass is 190 g/mol. The minimum absolute atomic E-state index is 0.671. The molecule has 74 valence electrons. The topological polar surface area (TPSA) is 44.9 Å². The summed E-state index contributed by atoms with van der Waals surface area (Å²) in [6, 6.07) is 5.87. The second-order valence-corrected chi connectivity index (χ2v) is 3.52. The van der Waals surface area contributed by atoms with Crippen LogP contribution in [0.5, 0.6) is 0 Å². The van der Waals surface area contributed by atoms with Gasteiger partial charge in [0, 0.05) is 31.6 Å². The van der Waals surface area contributed by atoms with Crippen LogP contribution in [-0.4, -0.2) is 32.0 Å². The van der Waals surface area contributed by atoms with Gasteiger partial charge in [-0.1, -0.05) is 0 Å². The van der Waals surface area contributed by atoms with Crippen molar-refractivity contribution in [1.82, 2.24) is 5.01 Å². The molecule has 14 heavy (non-hydrogen) atoms. The van der Waals surface area contributed by atoms with Gasteiger partial charge in [0.25, 0.3) is 0 Å². The van der Waals surface area contributed by atoms with E-state index < -0.39 is 0 Å². The highest BCUT2D eigenvalue weighted by molar-refractivity contribution is 5.90. The smallest absolute Gasteiger partial charge is 0.125 e. The first kappa shape index (κ1) is 9.02. The van der Waals surface area contributed by atoms with Gasteiger partial charge in [0.1, 0.15) is 6.67 Å². The molecule has 1 aromatic rings. The molecule has 0 saturated carbocycles. The standard InChI is InChI=1S/C10H14N4/c1-13(2)14-7-12-6-8-5-9(11)3-4-10(8)14/h3-6H,7,11H2,1-2H3. The molecule has 2 N–H and O–H groups in total. The first-order chi connectivity index (χ1) is 6.68. The first-order valence-corrected chi connectivity index (χ1v) is 4.52. The normalized spacial score (nSPS) is 14.6. The van der Waals surface area contributed by atoms with Crippen molar-refractivity contribution in [3.8, 4) is 0 Å². The van der Waals surface area contributed by atoms with Crippen molar-refractivity contribution in [3.05, 3.63) is 23.8 Å². The number of hydrogen-bond acceptors (Lipinski definition) is 4. The van der Waals surface area contributed by atoms with Crippen molar-refractivity contribution in [1.29, 1.82) is 0 Å². The summed E-state index contributed by atoms with van der Waals surface area (Å²) in [6.07, 6.45) is 1.87. The molecule has 0 unspecified atom stereocenters. The number of aliphatic imine (C=N–C) groups is 1. The molecule has 0 radical (unpaired) electrons. The molecule has 0 spiro atoms. The van der Waals surface area contributed by atoms with E-state index in [0.29, 0.717) is 6.67 Å². The number of anilines is 2. The number of nitrogen functional groups attached to an aromatic ring is 1. The molecule has 1 aliphatic heterocycles. The number of rotatable bonds is 1. The molecule has 0 aromatic heterocycles. The lowest BCUT2D eigenvalue weighted by atomic mass is 10.1. The van der Waals surface area contributed by atoms with Gasteiger partial charge in [0.2, 0.25) is 0 Å². The summed E-state index contributed by atoms with van der Waals surface area (Å²) < 4.78 is 0. The van der Waals surface area contributed by atoms with Crippen molar-refractivity contribution >= 4 is 17.6 Å². The summed E-state index contributed by atoms with van der Waals surface area (Å²) in [5, 5.41) is 4.11. The number of nitrogens with zero attached hydrogens (tertiary/aromatic N) is 3. The van der Waals surface area contributed by atoms with Gasteiger partial charge in [0.05, 0.1) is 5.69 Å². The first-order valence-electron chi connectivity index (χ1n) is 4.52. The zero-order chi connectivity index (χ0) is 10.1. The van der Waals surface area contributed by atoms with Crippen LogP contribution < -0.4 is 10.7 Å². The van der Waals surface area contributed by atoms with Crippen molar-refractivity contribution in [2.24, 2.45) is 4.99 Å². The molecular weight excluding hydrogens is 176 g/mol. The fourth-order valence-electron chi connectivity index (χ4n) is 1.55. The minimum Gasteiger partial charge on any atom is -0.399 e. The van der Waals surface area contributed by atoms with E-state index in [4.69, 9.17) is 5.73 Å². The maximum atomic E-state index is 5.71. The molecule has 1 aliphatic rings. The van der Waals surface area contributed by atoms with Crippen molar-refractivity contribution < 1.29 is 0 Å². The highest BCUT2D eigenvalue weighted by Gasteiger charge is 2.15. The Morgan fingerprint density at radius 2 is 2.21 bits per heavy atom. The quantitative estimate of drug-likeness (QED) is 0.670. The number of hydrazine groups is 1. The zero-order valence-electron chi connectivity index (χ0n) is 8.44. The number of hydrogen-bond donors (Lipinski definition) is 1. The van der Waals surface area contributed by atoms with Crippen molar-refractivity contribution in [2.45, 2.75) is 0 Å². The van der Waals surface area contributed by atoms with Crippen LogP contribution in [0.1, 0.15) is 5.56 Å². The third-order valence-corrected chi connectivity index (χ3v) is 2.26. The van der Waals surface area contributed by atoms with Gasteiger partial charge < -0.3 is 5.73 Å². The molecule has 0 aliphatic carbocycles. The maximum absolute atomic E-state index is 5.71.